The van der Waals surface area contributed by atoms with E-state index >= 15 is 0 Å². The van der Waals surface area contributed by atoms with Crippen molar-refractivity contribution in [3.63, 3.8) is 0 Å². The molecule has 8 nitrogen and oxygen atoms in total. The van der Waals surface area contributed by atoms with E-state index in [0.29, 0.717) is 22.8 Å². The van der Waals surface area contributed by atoms with Crippen LogP contribution in [0.2, 0.25) is 0 Å². The molecule has 0 unspecified atom stereocenters. The summed E-state index contributed by atoms with van der Waals surface area (Å²) >= 11 is 0. The Balaban J connectivity index is 1.71. The summed E-state index contributed by atoms with van der Waals surface area (Å²) in [6, 6.07) is 10.1. The molecule has 8 heteroatoms. The Morgan fingerprint density at radius 3 is 2.14 bits per heavy atom. The SMILES string of the molecule is Cc1oc(-c2ccc(NC(=O)Cc3c(O)cc(O)cc3O)cc2)cc1C(=O)O. The van der Waals surface area contributed by atoms with Crippen molar-refractivity contribution < 1.29 is 34.4 Å². The average Bonchev–Trinajstić information content (AvgIpc) is 3.01. The third kappa shape index (κ3) is 3.90. The van der Waals surface area contributed by atoms with E-state index in [4.69, 9.17) is 9.52 Å². The van der Waals surface area contributed by atoms with Gasteiger partial charge in [-0.05, 0) is 37.3 Å². The number of nitrogens with one attached hydrogen (secondary N) is 1. The summed E-state index contributed by atoms with van der Waals surface area (Å²) in [7, 11) is 0. The molecule has 0 spiro atoms. The summed E-state index contributed by atoms with van der Waals surface area (Å²) < 4.78 is 5.45. The number of hydrogen-bond acceptors (Lipinski definition) is 6. The topological polar surface area (TPSA) is 140 Å². The quantitative estimate of drug-likeness (QED) is 0.455. The first-order valence-corrected chi connectivity index (χ1v) is 8.22. The molecule has 0 radical (unpaired) electrons. The van der Waals surface area contributed by atoms with Gasteiger partial charge < -0.3 is 30.2 Å². The predicted octanol–water partition coefficient (Wildman–Crippen LogP) is 3.25. The molecule has 0 aliphatic rings. The largest absolute Gasteiger partial charge is 0.508 e. The number of carboxylic acids is 1. The lowest BCUT2D eigenvalue weighted by atomic mass is 10.1. The summed E-state index contributed by atoms with van der Waals surface area (Å²) in [5.41, 5.74) is 1.19. The minimum absolute atomic E-state index is 0.000758. The maximum atomic E-state index is 12.2. The number of aromatic hydroxyl groups is 3. The number of carbonyl (C=O) groups excluding carboxylic acids is 1. The van der Waals surface area contributed by atoms with Gasteiger partial charge in [0.15, 0.2) is 0 Å². The van der Waals surface area contributed by atoms with Crippen LogP contribution in [0.15, 0.2) is 46.9 Å². The van der Waals surface area contributed by atoms with Crippen molar-refractivity contribution in [2.24, 2.45) is 0 Å². The molecule has 1 amide bonds. The molecule has 5 N–H and O–H groups in total. The van der Waals surface area contributed by atoms with Gasteiger partial charge in [0.25, 0.3) is 0 Å². The van der Waals surface area contributed by atoms with Gasteiger partial charge >= 0.3 is 5.97 Å². The average molecular weight is 383 g/mol. The molecule has 0 aliphatic heterocycles. The summed E-state index contributed by atoms with van der Waals surface area (Å²) in [5, 5.41) is 40.5. The molecule has 0 bridgehead atoms. The van der Waals surface area contributed by atoms with Crippen LogP contribution >= 0.6 is 0 Å². The van der Waals surface area contributed by atoms with E-state index in [2.05, 4.69) is 5.32 Å². The van der Waals surface area contributed by atoms with Gasteiger partial charge in [0.05, 0.1) is 6.42 Å². The lowest BCUT2D eigenvalue weighted by Crippen LogP contribution is -2.14. The van der Waals surface area contributed by atoms with Crippen LogP contribution in [0.25, 0.3) is 11.3 Å². The monoisotopic (exact) mass is 383 g/mol. The lowest BCUT2D eigenvalue weighted by molar-refractivity contribution is -0.115. The number of benzene rings is 2. The van der Waals surface area contributed by atoms with Crippen LogP contribution < -0.4 is 5.32 Å². The van der Waals surface area contributed by atoms with E-state index in [1.54, 1.807) is 31.2 Å². The first-order valence-electron chi connectivity index (χ1n) is 8.22. The van der Waals surface area contributed by atoms with E-state index in [0.717, 1.165) is 12.1 Å². The van der Waals surface area contributed by atoms with Crippen molar-refractivity contribution in [2.75, 3.05) is 5.32 Å². The summed E-state index contributed by atoms with van der Waals surface area (Å²) in [5.74, 6) is -1.94. The van der Waals surface area contributed by atoms with Crippen LogP contribution in [0.5, 0.6) is 17.2 Å². The van der Waals surface area contributed by atoms with Crippen LogP contribution in [0.4, 0.5) is 5.69 Å². The highest BCUT2D eigenvalue weighted by Crippen LogP contribution is 2.32. The summed E-state index contributed by atoms with van der Waals surface area (Å²) in [6.07, 6.45) is -0.293. The summed E-state index contributed by atoms with van der Waals surface area (Å²) in [6.45, 7) is 1.57. The van der Waals surface area contributed by atoms with Crippen molar-refractivity contribution in [1.82, 2.24) is 0 Å². The fourth-order valence-corrected chi connectivity index (χ4v) is 2.73. The van der Waals surface area contributed by atoms with Crippen LogP contribution in [-0.4, -0.2) is 32.3 Å². The highest BCUT2D eigenvalue weighted by molar-refractivity contribution is 5.93. The third-order valence-electron chi connectivity index (χ3n) is 4.13. The number of furan rings is 1. The Hall–Kier alpha value is -3.94. The van der Waals surface area contributed by atoms with Gasteiger partial charge in [-0.25, -0.2) is 4.79 Å². The Morgan fingerprint density at radius 1 is 1.00 bits per heavy atom. The van der Waals surface area contributed by atoms with Crippen molar-refractivity contribution in [3.8, 4) is 28.6 Å². The number of rotatable bonds is 5. The van der Waals surface area contributed by atoms with Gasteiger partial charge in [0.1, 0.15) is 34.3 Å². The first kappa shape index (κ1) is 18.8. The van der Waals surface area contributed by atoms with Crippen molar-refractivity contribution in [3.05, 3.63) is 59.4 Å². The molecule has 2 aromatic carbocycles. The second-order valence-corrected chi connectivity index (χ2v) is 6.15. The Kier molecular flexibility index (Phi) is 4.95. The van der Waals surface area contributed by atoms with Crippen molar-refractivity contribution in [1.29, 1.82) is 0 Å². The number of anilines is 1. The predicted molar refractivity (Wildman–Crippen MR) is 99.6 cm³/mol. The molecule has 144 valence electrons. The molecule has 0 aliphatic carbocycles. The molecule has 3 rings (SSSR count). The second-order valence-electron chi connectivity index (χ2n) is 6.15. The molecule has 0 atom stereocenters. The van der Waals surface area contributed by atoms with E-state index < -0.39 is 11.9 Å². The zero-order chi connectivity index (χ0) is 20.4. The van der Waals surface area contributed by atoms with E-state index in [9.17, 15) is 24.9 Å². The number of aromatic carboxylic acids is 1. The standard InChI is InChI=1S/C20H17NO7/c1-10-14(20(26)27)8-18(28-10)11-2-4-12(5-3-11)21-19(25)9-15-16(23)6-13(22)7-17(15)24/h2-8,22-24H,9H2,1H3,(H,21,25)(H,26,27). The Labute approximate surface area is 159 Å². The normalized spacial score (nSPS) is 10.6. The van der Waals surface area contributed by atoms with Gasteiger partial charge in [-0.3, -0.25) is 4.79 Å². The molecule has 1 aromatic heterocycles. The van der Waals surface area contributed by atoms with Crippen LogP contribution in [0.3, 0.4) is 0 Å². The highest BCUT2D eigenvalue weighted by atomic mass is 16.4. The molecule has 0 saturated carbocycles. The smallest absolute Gasteiger partial charge is 0.339 e. The molecule has 0 saturated heterocycles. The minimum Gasteiger partial charge on any atom is -0.508 e. The van der Waals surface area contributed by atoms with E-state index in [1.165, 1.54) is 6.07 Å². The molecule has 0 fully saturated rings. The number of amides is 1. The fourth-order valence-electron chi connectivity index (χ4n) is 2.73. The van der Waals surface area contributed by atoms with Crippen molar-refractivity contribution >= 4 is 17.6 Å². The minimum atomic E-state index is -1.07. The van der Waals surface area contributed by atoms with Gasteiger partial charge in [-0.15, -0.1) is 0 Å². The van der Waals surface area contributed by atoms with Gasteiger partial charge in [0, 0.05) is 28.9 Å². The zero-order valence-electron chi connectivity index (χ0n) is 14.8. The van der Waals surface area contributed by atoms with Crippen LogP contribution in [0.1, 0.15) is 21.7 Å². The maximum absolute atomic E-state index is 12.2. The molecule has 3 aromatic rings. The van der Waals surface area contributed by atoms with Gasteiger partial charge in [-0.2, -0.15) is 0 Å². The Morgan fingerprint density at radius 2 is 1.61 bits per heavy atom. The summed E-state index contributed by atoms with van der Waals surface area (Å²) in [4.78, 5) is 23.3. The fraction of sp³-hybridized carbons (Fsp3) is 0.100. The molecule has 28 heavy (non-hydrogen) atoms. The number of phenols is 3. The van der Waals surface area contributed by atoms with Crippen molar-refractivity contribution in [2.45, 2.75) is 13.3 Å². The number of aryl methyl sites for hydroxylation is 1. The maximum Gasteiger partial charge on any atom is 0.339 e. The number of phenolic OH excluding ortho intramolecular Hbond substituents is 3. The van der Waals surface area contributed by atoms with Gasteiger partial charge in [0.2, 0.25) is 5.91 Å². The zero-order valence-corrected chi connectivity index (χ0v) is 14.8. The number of carbonyl (C=O) groups is 2. The van der Waals surface area contributed by atoms with Crippen LogP contribution in [0, 0.1) is 6.92 Å². The third-order valence-corrected chi connectivity index (χ3v) is 4.13. The van der Waals surface area contributed by atoms with E-state index in [-0.39, 0.29) is 34.8 Å². The first-order chi connectivity index (χ1) is 13.2. The number of carboxylic acid groups (broad SMARTS) is 1. The second kappa shape index (κ2) is 7.36. The lowest BCUT2D eigenvalue weighted by Gasteiger charge is -2.09. The highest BCUT2D eigenvalue weighted by Gasteiger charge is 2.16. The molecular formula is C20H17NO7. The molecular weight excluding hydrogens is 366 g/mol. The van der Waals surface area contributed by atoms with Crippen LogP contribution in [-0.2, 0) is 11.2 Å². The van der Waals surface area contributed by atoms with Gasteiger partial charge in [-0.1, -0.05) is 0 Å². The molecule has 1 heterocycles. The Bertz CT molecular complexity index is 1030. The van der Waals surface area contributed by atoms with E-state index in [1.807, 2.05) is 0 Å². The number of hydrogen-bond donors (Lipinski definition) is 5.